The van der Waals surface area contributed by atoms with Crippen LogP contribution in [0.15, 0.2) is 6.20 Å². The number of aryl methyl sites for hydroxylation is 3. The van der Waals surface area contributed by atoms with Gasteiger partial charge in [-0.3, -0.25) is 9.36 Å². The molecule has 0 spiro atoms. The van der Waals surface area contributed by atoms with Crippen molar-refractivity contribution in [2.45, 2.75) is 26.3 Å². The summed E-state index contributed by atoms with van der Waals surface area (Å²) in [6, 6.07) is 0.201. The van der Waals surface area contributed by atoms with E-state index in [1.807, 2.05) is 36.7 Å². The molecule has 1 N–H and O–H groups in total. The van der Waals surface area contributed by atoms with Crippen LogP contribution in [0.25, 0.3) is 0 Å². The van der Waals surface area contributed by atoms with E-state index in [0.717, 1.165) is 17.8 Å². The zero-order valence-electron chi connectivity index (χ0n) is 11.6. The second-order valence-corrected chi connectivity index (χ2v) is 4.60. The average Bonchev–Trinajstić information content (AvgIpc) is 2.84. The Morgan fingerprint density at radius 3 is 2.44 bits per heavy atom. The van der Waals surface area contributed by atoms with E-state index in [-0.39, 0.29) is 6.04 Å². The molecular formula is C12H20N6. The lowest BCUT2D eigenvalue weighted by Gasteiger charge is -2.16. The number of likely N-dealkylation sites (N-methyl/N-ethyl adjacent to an activating group) is 1. The minimum absolute atomic E-state index is 0.201. The van der Waals surface area contributed by atoms with Gasteiger partial charge in [0.1, 0.15) is 0 Å². The third kappa shape index (κ3) is 2.15. The van der Waals surface area contributed by atoms with Crippen LogP contribution in [0.3, 0.4) is 0 Å². The summed E-state index contributed by atoms with van der Waals surface area (Å²) in [7, 11) is 5.85. The molecule has 0 amide bonds. The van der Waals surface area contributed by atoms with Gasteiger partial charge in [0.2, 0.25) is 0 Å². The summed E-state index contributed by atoms with van der Waals surface area (Å²) in [5.41, 5.74) is 4.67. The van der Waals surface area contributed by atoms with E-state index >= 15 is 0 Å². The molecule has 0 aromatic carbocycles. The first-order valence-corrected chi connectivity index (χ1v) is 6.05. The van der Waals surface area contributed by atoms with Crippen LogP contribution >= 0.6 is 0 Å². The Morgan fingerprint density at radius 2 is 2.00 bits per heavy atom. The second-order valence-electron chi connectivity index (χ2n) is 4.60. The molecule has 0 aliphatic rings. The van der Waals surface area contributed by atoms with Crippen LogP contribution in [0.5, 0.6) is 0 Å². The Balaban J connectivity index is 2.29. The summed E-state index contributed by atoms with van der Waals surface area (Å²) < 4.78 is 3.74. The van der Waals surface area contributed by atoms with Gasteiger partial charge in [0.15, 0.2) is 0 Å². The summed E-state index contributed by atoms with van der Waals surface area (Å²) in [5, 5.41) is 15.7. The van der Waals surface area contributed by atoms with E-state index in [4.69, 9.17) is 0 Å². The molecule has 0 aliphatic heterocycles. The topological polar surface area (TPSA) is 60.6 Å². The Bertz CT molecular complexity index is 539. The van der Waals surface area contributed by atoms with Crippen LogP contribution < -0.4 is 5.32 Å². The highest BCUT2D eigenvalue weighted by Gasteiger charge is 2.18. The lowest BCUT2D eigenvalue weighted by atomic mass is 10.0. The quantitative estimate of drug-likeness (QED) is 0.864. The molecule has 1 atom stereocenters. The molecule has 0 saturated heterocycles. The zero-order valence-corrected chi connectivity index (χ0v) is 11.6. The van der Waals surface area contributed by atoms with Crippen LogP contribution in [0, 0.1) is 13.8 Å². The molecule has 2 rings (SSSR count). The van der Waals surface area contributed by atoms with Crippen molar-refractivity contribution in [3.05, 3.63) is 28.8 Å². The maximum absolute atomic E-state index is 4.45. The van der Waals surface area contributed by atoms with Crippen molar-refractivity contribution >= 4 is 0 Å². The Morgan fingerprint density at radius 1 is 1.28 bits per heavy atom. The highest BCUT2D eigenvalue weighted by molar-refractivity contribution is 5.26. The normalized spacial score (nSPS) is 12.9. The number of nitrogens with zero attached hydrogens (tertiary/aromatic N) is 5. The number of nitrogens with one attached hydrogen (secondary N) is 1. The van der Waals surface area contributed by atoms with E-state index in [9.17, 15) is 0 Å². The minimum atomic E-state index is 0.201. The van der Waals surface area contributed by atoms with Crippen molar-refractivity contribution in [3.8, 4) is 0 Å². The molecule has 0 fully saturated rings. The molecule has 6 nitrogen and oxygen atoms in total. The maximum Gasteiger partial charge on any atom is 0.0756 e. The predicted octanol–water partition coefficient (Wildman–Crippen LogP) is 0.669. The van der Waals surface area contributed by atoms with E-state index < -0.39 is 0 Å². The van der Waals surface area contributed by atoms with Crippen molar-refractivity contribution in [3.63, 3.8) is 0 Å². The van der Waals surface area contributed by atoms with Crippen molar-refractivity contribution in [2.24, 2.45) is 14.1 Å². The standard InChI is InChI=1S/C12H20N6/c1-8-10(9(2)17(4)15-8)6-11(13-3)12-7-14-16-18(12)5/h7,11,13H,6H2,1-5H3. The predicted molar refractivity (Wildman–Crippen MR) is 69.2 cm³/mol. The van der Waals surface area contributed by atoms with Gasteiger partial charge in [-0.05, 0) is 32.9 Å². The lowest BCUT2D eigenvalue weighted by Crippen LogP contribution is -2.22. The highest BCUT2D eigenvalue weighted by atomic mass is 15.4. The number of aromatic nitrogens is 5. The summed E-state index contributed by atoms with van der Waals surface area (Å²) in [6.07, 6.45) is 2.70. The molecule has 0 bridgehead atoms. The van der Waals surface area contributed by atoms with Gasteiger partial charge in [0.25, 0.3) is 0 Å². The van der Waals surface area contributed by atoms with Crippen LogP contribution in [0.1, 0.15) is 28.7 Å². The van der Waals surface area contributed by atoms with Crippen molar-refractivity contribution in [2.75, 3.05) is 7.05 Å². The summed E-state index contributed by atoms with van der Waals surface area (Å²) in [5.74, 6) is 0. The SMILES string of the molecule is CNC(Cc1c(C)nn(C)c1C)c1cnnn1C. The van der Waals surface area contributed by atoms with Crippen LogP contribution in [-0.4, -0.2) is 31.8 Å². The van der Waals surface area contributed by atoms with Gasteiger partial charge >= 0.3 is 0 Å². The molecule has 0 saturated carbocycles. The molecule has 1 unspecified atom stereocenters. The van der Waals surface area contributed by atoms with Crippen LogP contribution in [0.4, 0.5) is 0 Å². The van der Waals surface area contributed by atoms with Gasteiger partial charge < -0.3 is 5.32 Å². The lowest BCUT2D eigenvalue weighted by molar-refractivity contribution is 0.532. The summed E-state index contributed by atoms with van der Waals surface area (Å²) in [4.78, 5) is 0. The largest absolute Gasteiger partial charge is 0.311 e. The second kappa shape index (κ2) is 4.89. The van der Waals surface area contributed by atoms with Gasteiger partial charge in [-0.25, -0.2) is 0 Å². The fourth-order valence-electron chi connectivity index (χ4n) is 2.28. The molecule has 2 heterocycles. The first kappa shape index (κ1) is 12.8. The number of rotatable bonds is 4. The third-order valence-corrected chi connectivity index (χ3v) is 3.52. The van der Waals surface area contributed by atoms with Crippen molar-refractivity contribution in [1.29, 1.82) is 0 Å². The summed E-state index contributed by atoms with van der Waals surface area (Å²) in [6.45, 7) is 4.15. The van der Waals surface area contributed by atoms with E-state index in [1.54, 1.807) is 0 Å². The molecule has 18 heavy (non-hydrogen) atoms. The van der Waals surface area contributed by atoms with Gasteiger partial charge in [0, 0.05) is 19.8 Å². The maximum atomic E-state index is 4.45. The van der Waals surface area contributed by atoms with E-state index in [1.165, 1.54) is 11.3 Å². The molecule has 2 aromatic rings. The molecular weight excluding hydrogens is 228 g/mol. The van der Waals surface area contributed by atoms with Crippen LogP contribution in [-0.2, 0) is 20.5 Å². The van der Waals surface area contributed by atoms with Gasteiger partial charge in [-0.1, -0.05) is 5.21 Å². The Hall–Kier alpha value is -1.69. The van der Waals surface area contributed by atoms with Crippen LogP contribution in [0.2, 0.25) is 0 Å². The Labute approximate surface area is 107 Å². The molecule has 2 aromatic heterocycles. The average molecular weight is 248 g/mol. The Kier molecular flexibility index (Phi) is 3.47. The number of hydrogen-bond acceptors (Lipinski definition) is 4. The molecule has 0 radical (unpaired) electrons. The minimum Gasteiger partial charge on any atom is -0.311 e. The van der Waals surface area contributed by atoms with Gasteiger partial charge in [-0.15, -0.1) is 5.10 Å². The molecule has 98 valence electrons. The molecule has 6 heteroatoms. The van der Waals surface area contributed by atoms with Crippen molar-refractivity contribution in [1.82, 2.24) is 30.1 Å². The van der Waals surface area contributed by atoms with Crippen molar-refractivity contribution < 1.29 is 0 Å². The van der Waals surface area contributed by atoms with E-state index in [0.29, 0.717) is 0 Å². The van der Waals surface area contributed by atoms with Gasteiger partial charge in [0.05, 0.1) is 23.6 Å². The van der Waals surface area contributed by atoms with Gasteiger partial charge in [-0.2, -0.15) is 5.10 Å². The monoisotopic (exact) mass is 248 g/mol. The first-order chi connectivity index (χ1) is 8.54. The van der Waals surface area contributed by atoms with E-state index in [2.05, 4.69) is 34.6 Å². The first-order valence-electron chi connectivity index (χ1n) is 6.05. The fourth-order valence-corrected chi connectivity index (χ4v) is 2.28. The number of hydrogen-bond donors (Lipinski definition) is 1. The third-order valence-electron chi connectivity index (χ3n) is 3.52. The summed E-state index contributed by atoms with van der Waals surface area (Å²) >= 11 is 0. The molecule has 0 aliphatic carbocycles. The smallest absolute Gasteiger partial charge is 0.0756 e. The fraction of sp³-hybridized carbons (Fsp3) is 0.583. The highest BCUT2D eigenvalue weighted by Crippen LogP contribution is 2.21. The zero-order chi connectivity index (χ0) is 13.3.